The minimum atomic E-state index is 0.587. The largest absolute Gasteiger partial charge is 0.380 e. The van der Waals surface area contributed by atoms with E-state index in [0.29, 0.717) is 6.04 Å². The average molecular weight is 436 g/mol. The Morgan fingerprint density at radius 1 is 0.613 bits per heavy atom. The van der Waals surface area contributed by atoms with Gasteiger partial charge in [0.25, 0.3) is 0 Å². The van der Waals surface area contributed by atoms with Crippen molar-refractivity contribution in [1.29, 1.82) is 0 Å². The van der Waals surface area contributed by atoms with Crippen LogP contribution in [0.5, 0.6) is 0 Å². The summed E-state index contributed by atoms with van der Waals surface area (Å²) in [5.74, 6) is 0. The van der Waals surface area contributed by atoms with E-state index in [-0.39, 0.29) is 0 Å². The van der Waals surface area contributed by atoms with Crippen molar-refractivity contribution in [2.24, 2.45) is 0 Å². The minimum absolute atomic E-state index is 0.587. The molecule has 0 fully saturated rings. The molecule has 184 valence electrons. The van der Waals surface area contributed by atoms with Crippen LogP contribution >= 0.6 is 0 Å². The lowest BCUT2D eigenvalue weighted by atomic mass is 10.0. The molecule has 0 N–H and O–H groups in total. The highest BCUT2D eigenvalue weighted by Crippen LogP contribution is 2.13. The van der Waals surface area contributed by atoms with E-state index in [1.54, 1.807) is 0 Å². The fourth-order valence-corrected chi connectivity index (χ4v) is 3.89. The Balaban J connectivity index is 3.45. The van der Waals surface area contributed by atoms with Crippen molar-refractivity contribution in [3.63, 3.8) is 0 Å². The first-order valence-electron chi connectivity index (χ1n) is 13.8. The second-order valence-electron chi connectivity index (χ2n) is 9.48. The summed E-state index contributed by atoms with van der Waals surface area (Å²) in [6.07, 6.45) is 33.2. The number of hydrogen-bond acceptors (Lipinski definition) is 2. The maximum atomic E-state index is 5.94. The van der Waals surface area contributed by atoms with Gasteiger partial charge in [-0.25, -0.2) is 0 Å². The van der Waals surface area contributed by atoms with Crippen LogP contribution in [0.2, 0.25) is 0 Å². The van der Waals surface area contributed by atoms with Crippen LogP contribution in [-0.2, 0) is 4.74 Å². The molecule has 2 nitrogen and oxygen atoms in total. The monoisotopic (exact) mass is 435 g/mol. The molecule has 0 aromatic carbocycles. The zero-order valence-electron chi connectivity index (χ0n) is 21.9. The highest BCUT2D eigenvalue weighted by Gasteiger charge is 2.11. The molecule has 0 saturated carbocycles. The molecule has 0 aromatic heterocycles. The number of likely N-dealkylation sites (N-methyl/N-ethyl adjacent to an activating group) is 1. The molecule has 0 spiro atoms. The third-order valence-electron chi connectivity index (χ3n) is 6.17. The summed E-state index contributed by atoms with van der Waals surface area (Å²) in [5, 5.41) is 0. The molecular formula is C29H57NO. The third-order valence-corrected chi connectivity index (χ3v) is 6.17. The Bertz CT molecular complexity index is 388. The van der Waals surface area contributed by atoms with Crippen LogP contribution in [0.15, 0.2) is 24.3 Å². The summed E-state index contributed by atoms with van der Waals surface area (Å²) >= 11 is 0. The van der Waals surface area contributed by atoms with Gasteiger partial charge in [-0.05, 0) is 59.0 Å². The van der Waals surface area contributed by atoms with Crippen molar-refractivity contribution in [1.82, 2.24) is 4.90 Å². The fourth-order valence-electron chi connectivity index (χ4n) is 3.89. The Morgan fingerprint density at radius 2 is 1.13 bits per heavy atom. The number of allylic oxidation sites excluding steroid dienone is 4. The summed E-state index contributed by atoms with van der Waals surface area (Å²) in [6, 6.07) is 0.587. The fraction of sp³-hybridized carbons (Fsp3) is 0.862. The van der Waals surface area contributed by atoms with Gasteiger partial charge in [-0.1, -0.05) is 109 Å². The number of nitrogens with zero attached hydrogens (tertiary/aromatic N) is 1. The molecular weight excluding hydrogens is 378 g/mol. The molecule has 0 heterocycles. The standard InChI is InChI=1S/C29H57NO/c1-5-7-9-11-12-13-14-15-16-17-18-19-20-21-22-23-24-26-29(30(3)4)28-31-27-25-10-8-6-2/h12-13,15-16,29H,5-11,14,17-28H2,1-4H3/b13-12-,16-15-/t29-/m0/s1. The lowest BCUT2D eigenvalue weighted by Crippen LogP contribution is -2.32. The number of ether oxygens (including phenoxy) is 1. The van der Waals surface area contributed by atoms with Gasteiger partial charge < -0.3 is 9.64 Å². The van der Waals surface area contributed by atoms with Gasteiger partial charge in [0.05, 0.1) is 6.61 Å². The van der Waals surface area contributed by atoms with E-state index in [2.05, 4.69) is 57.1 Å². The molecule has 0 amide bonds. The second-order valence-corrected chi connectivity index (χ2v) is 9.48. The Morgan fingerprint density at radius 3 is 1.74 bits per heavy atom. The van der Waals surface area contributed by atoms with Crippen LogP contribution in [0, 0.1) is 0 Å². The number of rotatable bonds is 24. The average Bonchev–Trinajstić information content (AvgIpc) is 2.76. The van der Waals surface area contributed by atoms with Crippen molar-refractivity contribution >= 4 is 0 Å². The van der Waals surface area contributed by atoms with Crippen molar-refractivity contribution in [2.75, 3.05) is 27.3 Å². The first kappa shape index (κ1) is 30.4. The van der Waals surface area contributed by atoms with Gasteiger partial charge in [0, 0.05) is 12.6 Å². The van der Waals surface area contributed by atoms with Crippen LogP contribution in [0.3, 0.4) is 0 Å². The van der Waals surface area contributed by atoms with Gasteiger partial charge >= 0.3 is 0 Å². The van der Waals surface area contributed by atoms with Crippen LogP contribution in [0.1, 0.15) is 129 Å². The van der Waals surface area contributed by atoms with Crippen LogP contribution < -0.4 is 0 Å². The van der Waals surface area contributed by atoms with Gasteiger partial charge in [0.1, 0.15) is 0 Å². The molecule has 0 aliphatic rings. The highest BCUT2D eigenvalue weighted by atomic mass is 16.5. The van der Waals surface area contributed by atoms with Crippen LogP contribution in [0.25, 0.3) is 0 Å². The summed E-state index contributed by atoms with van der Waals surface area (Å²) in [7, 11) is 4.40. The molecule has 0 saturated heterocycles. The second kappa shape index (κ2) is 25.7. The van der Waals surface area contributed by atoms with Gasteiger partial charge in [-0.3, -0.25) is 0 Å². The predicted octanol–water partition coefficient (Wildman–Crippen LogP) is 9.11. The molecule has 2 heteroatoms. The Kier molecular flexibility index (Phi) is 25.2. The quantitative estimate of drug-likeness (QED) is 0.111. The van der Waals surface area contributed by atoms with Crippen LogP contribution in [-0.4, -0.2) is 38.3 Å². The zero-order chi connectivity index (χ0) is 22.8. The summed E-state index contributed by atoms with van der Waals surface area (Å²) in [5.41, 5.74) is 0. The summed E-state index contributed by atoms with van der Waals surface area (Å²) in [6.45, 7) is 6.37. The lowest BCUT2D eigenvalue weighted by molar-refractivity contribution is 0.0722. The van der Waals surface area contributed by atoms with E-state index in [1.807, 2.05) is 0 Å². The van der Waals surface area contributed by atoms with Gasteiger partial charge in [0.15, 0.2) is 0 Å². The van der Waals surface area contributed by atoms with E-state index in [0.717, 1.165) is 19.6 Å². The lowest BCUT2D eigenvalue weighted by Gasteiger charge is -2.24. The first-order chi connectivity index (χ1) is 15.2. The van der Waals surface area contributed by atoms with Gasteiger partial charge in [-0.2, -0.15) is 0 Å². The molecule has 31 heavy (non-hydrogen) atoms. The third kappa shape index (κ3) is 23.9. The Labute approximate surface area is 196 Å². The maximum absolute atomic E-state index is 5.94. The van der Waals surface area contributed by atoms with Crippen molar-refractivity contribution in [3.8, 4) is 0 Å². The molecule has 0 bridgehead atoms. The van der Waals surface area contributed by atoms with E-state index >= 15 is 0 Å². The van der Waals surface area contributed by atoms with E-state index in [4.69, 9.17) is 4.74 Å². The molecule has 1 atom stereocenters. The molecule has 0 rings (SSSR count). The molecule has 0 aliphatic heterocycles. The smallest absolute Gasteiger partial charge is 0.0621 e. The highest BCUT2D eigenvalue weighted by molar-refractivity contribution is 4.92. The molecule has 0 aliphatic carbocycles. The molecule has 0 radical (unpaired) electrons. The van der Waals surface area contributed by atoms with Crippen molar-refractivity contribution in [2.45, 2.75) is 135 Å². The predicted molar refractivity (Wildman–Crippen MR) is 141 cm³/mol. The van der Waals surface area contributed by atoms with Gasteiger partial charge in [-0.15, -0.1) is 0 Å². The van der Waals surface area contributed by atoms with E-state index in [1.165, 1.54) is 109 Å². The SMILES string of the molecule is CCCCC/C=C\C/C=C\CCCCCCCCC[C@@H](COCCCCCC)N(C)C. The number of unbranched alkanes of at least 4 members (excludes halogenated alkanes) is 13. The molecule has 0 unspecified atom stereocenters. The topological polar surface area (TPSA) is 12.5 Å². The Hall–Kier alpha value is -0.600. The van der Waals surface area contributed by atoms with Gasteiger partial charge in [0.2, 0.25) is 0 Å². The van der Waals surface area contributed by atoms with E-state index < -0.39 is 0 Å². The van der Waals surface area contributed by atoms with Crippen molar-refractivity contribution < 1.29 is 4.74 Å². The normalized spacial score (nSPS) is 13.2. The minimum Gasteiger partial charge on any atom is -0.380 e. The first-order valence-corrected chi connectivity index (χ1v) is 13.8. The zero-order valence-corrected chi connectivity index (χ0v) is 21.9. The summed E-state index contributed by atoms with van der Waals surface area (Å²) in [4.78, 5) is 2.35. The molecule has 0 aromatic rings. The van der Waals surface area contributed by atoms with Crippen LogP contribution in [0.4, 0.5) is 0 Å². The van der Waals surface area contributed by atoms with E-state index in [9.17, 15) is 0 Å². The number of hydrogen-bond donors (Lipinski definition) is 0. The maximum Gasteiger partial charge on any atom is 0.0621 e. The summed E-state index contributed by atoms with van der Waals surface area (Å²) < 4.78 is 5.94. The van der Waals surface area contributed by atoms with Crippen molar-refractivity contribution in [3.05, 3.63) is 24.3 Å².